The van der Waals surface area contributed by atoms with E-state index in [0.717, 1.165) is 6.42 Å². The van der Waals surface area contributed by atoms with Crippen LogP contribution in [0.25, 0.3) is 0 Å². The summed E-state index contributed by atoms with van der Waals surface area (Å²) in [6.45, 7) is 0. The molecule has 4 rings (SSSR count). The Kier molecular flexibility index (Phi) is 2.29. The largest absolute Gasteiger partial charge is 0.0620 e. The zero-order valence-electron chi connectivity index (χ0n) is 10.7. The van der Waals surface area contributed by atoms with Gasteiger partial charge in [0.05, 0.1) is 0 Å². The maximum atomic E-state index is 2.38. The van der Waals surface area contributed by atoms with Crippen LogP contribution in [0.3, 0.4) is 0 Å². The van der Waals surface area contributed by atoms with Crippen LogP contribution in [0.4, 0.5) is 0 Å². The van der Waals surface area contributed by atoms with Crippen LogP contribution in [-0.4, -0.2) is 0 Å². The smallest absolute Gasteiger partial charge is 0.00170 e. The lowest BCUT2D eigenvalue weighted by atomic mass is 9.95. The van der Waals surface area contributed by atoms with E-state index < -0.39 is 0 Å². The van der Waals surface area contributed by atoms with Crippen molar-refractivity contribution in [1.82, 2.24) is 0 Å². The molecule has 0 amide bonds. The molecular weight excluding hydrogens is 216 g/mol. The third-order valence-electron chi connectivity index (χ3n) is 4.50. The molecule has 90 valence electrons. The lowest BCUT2D eigenvalue weighted by Crippen LogP contribution is -1.97. The maximum Gasteiger partial charge on any atom is -0.00170 e. The van der Waals surface area contributed by atoms with Crippen LogP contribution >= 0.6 is 0 Å². The summed E-state index contributed by atoms with van der Waals surface area (Å²) in [6, 6.07) is 13.8. The molecule has 0 unspecified atom stereocenters. The van der Waals surface area contributed by atoms with E-state index in [4.69, 9.17) is 0 Å². The van der Waals surface area contributed by atoms with Gasteiger partial charge in [0.1, 0.15) is 0 Å². The average molecular weight is 234 g/mol. The Hall–Kier alpha value is -1.56. The van der Waals surface area contributed by atoms with Crippen LogP contribution < -0.4 is 0 Å². The second-order valence-electron chi connectivity index (χ2n) is 5.67. The normalized spacial score (nSPS) is 16.7. The van der Waals surface area contributed by atoms with E-state index in [-0.39, 0.29) is 0 Å². The molecule has 0 bridgehead atoms. The molecule has 2 aromatic carbocycles. The van der Waals surface area contributed by atoms with Gasteiger partial charge in [0.2, 0.25) is 0 Å². The fourth-order valence-corrected chi connectivity index (χ4v) is 3.35. The van der Waals surface area contributed by atoms with Gasteiger partial charge in [0, 0.05) is 0 Å². The molecule has 0 fully saturated rings. The summed E-state index contributed by atoms with van der Waals surface area (Å²) < 4.78 is 0. The highest BCUT2D eigenvalue weighted by atomic mass is 14.3. The first-order valence-corrected chi connectivity index (χ1v) is 7.11. The zero-order chi connectivity index (χ0) is 11.9. The topological polar surface area (TPSA) is 0 Å². The van der Waals surface area contributed by atoms with E-state index in [9.17, 15) is 0 Å². The Labute approximate surface area is 109 Å². The molecule has 0 atom stereocenters. The Morgan fingerprint density at radius 2 is 1.17 bits per heavy atom. The molecule has 0 spiro atoms. The Morgan fingerprint density at radius 1 is 0.556 bits per heavy atom. The highest BCUT2D eigenvalue weighted by molar-refractivity contribution is 5.55. The van der Waals surface area contributed by atoms with E-state index >= 15 is 0 Å². The van der Waals surface area contributed by atoms with Crippen molar-refractivity contribution >= 4 is 0 Å². The van der Waals surface area contributed by atoms with Gasteiger partial charge in [-0.1, -0.05) is 36.4 Å². The van der Waals surface area contributed by atoms with Crippen molar-refractivity contribution in [2.75, 3.05) is 0 Å². The lowest BCUT2D eigenvalue weighted by Gasteiger charge is -2.09. The highest BCUT2D eigenvalue weighted by Gasteiger charge is 2.24. The van der Waals surface area contributed by atoms with Gasteiger partial charge in [-0.15, -0.1) is 0 Å². The molecule has 0 heterocycles. The summed E-state index contributed by atoms with van der Waals surface area (Å²) in [5.74, 6) is 0. The van der Waals surface area contributed by atoms with Gasteiger partial charge >= 0.3 is 0 Å². The molecule has 0 radical (unpaired) electrons. The van der Waals surface area contributed by atoms with Crippen molar-refractivity contribution in [3.05, 3.63) is 69.8 Å². The number of hydrogen-bond acceptors (Lipinski definition) is 0. The van der Waals surface area contributed by atoms with E-state index in [1.54, 1.807) is 33.4 Å². The van der Waals surface area contributed by atoms with E-state index in [1.165, 1.54) is 32.1 Å². The van der Waals surface area contributed by atoms with Crippen LogP contribution in [0.1, 0.15) is 46.2 Å². The van der Waals surface area contributed by atoms with Crippen molar-refractivity contribution < 1.29 is 0 Å². The Morgan fingerprint density at radius 3 is 2.06 bits per heavy atom. The van der Waals surface area contributed by atoms with Gasteiger partial charge in [-0.25, -0.2) is 0 Å². The van der Waals surface area contributed by atoms with E-state index in [2.05, 4.69) is 36.4 Å². The SMILES string of the molecule is c1ccc2c(c1)CCCCc1ccc3c(c1C2)C3. The molecule has 0 aliphatic heterocycles. The molecule has 0 saturated heterocycles. The zero-order valence-corrected chi connectivity index (χ0v) is 10.7. The van der Waals surface area contributed by atoms with Gasteiger partial charge in [-0.2, -0.15) is 0 Å². The first kappa shape index (κ1) is 10.4. The van der Waals surface area contributed by atoms with Crippen LogP contribution in [0.15, 0.2) is 36.4 Å². The van der Waals surface area contributed by atoms with Crippen molar-refractivity contribution in [2.24, 2.45) is 0 Å². The minimum absolute atomic E-state index is 1.16. The van der Waals surface area contributed by atoms with Crippen LogP contribution in [0.2, 0.25) is 0 Å². The predicted molar refractivity (Wildman–Crippen MR) is 75.1 cm³/mol. The molecule has 2 aliphatic rings. The summed E-state index contributed by atoms with van der Waals surface area (Å²) in [5, 5.41) is 0. The number of hydrogen-bond donors (Lipinski definition) is 0. The molecule has 0 nitrogen and oxygen atoms in total. The third-order valence-corrected chi connectivity index (χ3v) is 4.50. The Bertz CT molecular complexity index is 607. The van der Waals surface area contributed by atoms with E-state index in [1.807, 2.05) is 0 Å². The summed E-state index contributed by atoms with van der Waals surface area (Å²) in [4.78, 5) is 0. The molecular formula is C18H18. The number of rotatable bonds is 0. The van der Waals surface area contributed by atoms with Crippen LogP contribution in [0.5, 0.6) is 0 Å². The van der Waals surface area contributed by atoms with Crippen molar-refractivity contribution in [2.45, 2.75) is 38.5 Å². The lowest BCUT2D eigenvalue weighted by molar-refractivity contribution is 0.736. The second kappa shape index (κ2) is 3.98. The van der Waals surface area contributed by atoms with Crippen LogP contribution in [-0.2, 0) is 25.7 Å². The number of aryl methyl sites for hydroxylation is 2. The minimum atomic E-state index is 1.16. The molecule has 0 heteroatoms. The van der Waals surface area contributed by atoms with Gasteiger partial charge < -0.3 is 0 Å². The average Bonchev–Trinajstić information content (AvgIpc) is 3.16. The third kappa shape index (κ3) is 1.68. The molecule has 0 N–H and O–H groups in total. The maximum absolute atomic E-state index is 2.38. The monoisotopic (exact) mass is 234 g/mol. The van der Waals surface area contributed by atoms with Gasteiger partial charge in [-0.05, 0) is 71.9 Å². The predicted octanol–water partition coefficient (Wildman–Crippen LogP) is 4.06. The molecule has 0 saturated carbocycles. The molecule has 2 aliphatic carbocycles. The summed E-state index contributed by atoms with van der Waals surface area (Å²) >= 11 is 0. The fraction of sp³-hybridized carbons (Fsp3) is 0.333. The van der Waals surface area contributed by atoms with Gasteiger partial charge in [-0.3, -0.25) is 0 Å². The Balaban J connectivity index is 1.84. The first-order valence-electron chi connectivity index (χ1n) is 7.11. The molecule has 2 aromatic rings. The first-order chi connectivity index (χ1) is 8.92. The van der Waals surface area contributed by atoms with Crippen molar-refractivity contribution in [3.63, 3.8) is 0 Å². The highest BCUT2D eigenvalue weighted by Crippen LogP contribution is 2.36. The van der Waals surface area contributed by atoms with Crippen LogP contribution in [0, 0.1) is 0 Å². The standard InChI is InChI=1S/C18H18/c1-3-7-14-9-10-16-12-18(16)17(14)11-15-8-4-2-6-13(15)5-1/h2,4,6,8-10H,1,3,5,7,11-12H2. The molecule has 18 heavy (non-hydrogen) atoms. The second-order valence-corrected chi connectivity index (χ2v) is 5.67. The minimum Gasteiger partial charge on any atom is -0.0620 e. The number of benzene rings is 2. The quantitative estimate of drug-likeness (QED) is 0.550. The number of fused-ring (bicyclic) bond motifs is 4. The van der Waals surface area contributed by atoms with Crippen molar-refractivity contribution in [1.29, 1.82) is 0 Å². The van der Waals surface area contributed by atoms with Gasteiger partial charge in [0.25, 0.3) is 0 Å². The molecule has 0 aromatic heterocycles. The summed E-state index contributed by atoms with van der Waals surface area (Å²) in [7, 11) is 0. The van der Waals surface area contributed by atoms with Gasteiger partial charge in [0.15, 0.2) is 0 Å². The van der Waals surface area contributed by atoms with E-state index in [0.29, 0.717) is 0 Å². The van der Waals surface area contributed by atoms with Crippen molar-refractivity contribution in [3.8, 4) is 0 Å². The summed E-state index contributed by atoms with van der Waals surface area (Å²) in [6.07, 6.45) is 7.60. The summed E-state index contributed by atoms with van der Waals surface area (Å²) in [5.41, 5.74) is 9.64. The fourth-order valence-electron chi connectivity index (χ4n) is 3.35.